The monoisotopic (exact) mass is 518 g/mol. The van der Waals surface area contributed by atoms with E-state index in [1.54, 1.807) is 38.5 Å². The molecule has 0 fully saturated rings. The Morgan fingerprint density at radius 1 is 1.17 bits per heavy atom. The molecule has 0 amide bonds. The number of nitrogens with zero attached hydrogens (tertiary/aromatic N) is 3. The zero-order chi connectivity index (χ0) is 25.5. The number of guanidine groups is 1. The molecule has 11 nitrogen and oxygen atoms in total. The van der Waals surface area contributed by atoms with Crippen LogP contribution in [0.4, 0.5) is 5.69 Å². The van der Waals surface area contributed by atoms with Gasteiger partial charge in [0.15, 0.2) is 0 Å². The third-order valence-corrected chi connectivity index (χ3v) is 7.47. The molecule has 0 spiro atoms. The second-order valence-corrected chi connectivity index (χ2v) is 10.3. The lowest BCUT2D eigenvalue weighted by Crippen LogP contribution is -2.49. The highest BCUT2D eigenvalue weighted by Gasteiger charge is 2.31. The molecule has 12 heteroatoms. The van der Waals surface area contributed by atoms with Crippen LogP contribution in [0.15, 0.2) is 40.2 Å². The molecule has 1 unspecified atom stereocenters. The minimum atomic E-state index is -3.61. The van der Waals surface area contributed by atoms with Crippen molar-refractivity contribution in [3.63, 3.8) is 0 Å². The van der Waals surface area contributed by atoms with Gasteiger partial charge in [-0.25, -0.2) is 23.1 Å². The number of aromatic nitrogens is 2. The molecule has 0 aliphatic carbocycles. The van der Waals surface area contributed by atoms with Gasteiger partial charge in [0.05, 0.1) is 36.5 Å². The maximum Gasteiger partial charge on any atom is 0.240 e. The first kappa shape index (κ1) is 26.3. The highest BCUT2D eigenvalue weighted by molar-refractivity contribution is 7.89. The van der Waals surface area contributed by atoms with E-state index in [4.69, 9.17) is 24.2 Å². The summed E-state index contributed by atoms with van der Waals surface area (Å²) in [5.41, 5.74) is 3.42. The molecular weight excluding hydrogens is 484 g/mol. The van der Waals surface area contributed by atoms with E-state index in [1.807, 2.05) is 6.92 Å². The zero-order valence-corrected chi connectivity index (χ0v) is 21.7. The van der Waals surface area contributed by atoms with Crippen molar-refractivity contribution in [2.75, 3.05) is 59.1 Å². The number of hydrogen-bond acceptors (Lipinski definition) is 9. The molecule has 0 saturated carbocycles. The van der Waals surface area contributed by atoms with Crippen LogP contribution in [0.3, 0.4) is 0 Å². The summed E-state index contributed by atoms with van der Waals surface area (Å²) in [6.45, 7) is 4.72. The van der Waals surface area contributed by atoms with Crippen LogP contribution >= 0.6 is 0 Å². The van der Waals surface area contributed by atoms with Crippen LogP contribution in [0.2, 0.25) is 0 Å². The summed E-state index contributed by atoms with van der Waals surface area (Å²) in [6.07, 6.45) is 3.49. The first-order valence-corrected chi connectivity index (χ1v) is 13.5. The van der Waals surface area contributed by atoms with Gasteiger partial charge in [0.2, 0.25) is 16.0 Å². The molecular formula is C24H34N6O5S. The fourth-order valence-corrected chi connectivity index (χ4v) is 5.23. The molecule has 3 N–H and O–H groups in total. The Hall–Kier alpha value is -2.77. The fourth-order valence-electron chi connectivity index (χ4n) is 4.22. The van der Waals surface area contributed by atoms with Gasteiger partial charge >= 0.3 is 0 Å². The fraction of sp³-hybridized carbons (Fsp3) is 0.500. The Kier molecular flexibility index (Phi) is 8.75. The van der Waals surface area contributed by atoms with Gasteiger partial charge in [-0.3, -0.25) is 0 Å². The number of methoxy groups -OCH3 is 2. The van der Waals surface area contributed by atoms with Gasteiger partial charge in [0.25, 0.3) is 0 Å². The van der Waals surface area contributed by atoms with E-state index < -0.39 is 10.0 Å². The number of H-pyrrole nitrogens is 1. The van der Waals surface area contributed by atoms with Crippen LogP contribution < -0.4 is 10.0 Å². The molecule has 36 heavy (non-hydrogen) atoms. The van der Waals surface area contributed by atoms with Crippen LogP contribution in [-0.2, 0) is 37.1 Å². The molecule has 4 heterocycles. The molecule has 196 valence electrons. The maximum atomic E-state index is 12.5. The summed E-state index contributed by atoms with van der Waals surface area (Å²) >= 11 is 0. The largest absolute Gasteiger partial charge is 0.384 e. The van der Waals surface area contributed by atoms with Crippen molar-refractivity contribution >= 4 is 27.4 Å². The van der Waals surface area contributed by atoms with E-state index >= 15 is 0 Å². The van der Waals surface area contributed by atoms with Gasteiger partial charge in [-0.15, -0.1) is 0 Å². The summed E-state index contributed by atoms with van der Waals surface area (Å²) < 4.78 is 43.5. The number of aliphatic imine (C=N–C) groups is 1. The number of hydrogen-bond donors (Lipinski definition) is 3. The van der Waals surface area contributed by atoms with Crippen LogP contribution in [-0.4, -0.2) is 89.0 Å². The molecule has 0 radical (unpaired) electrons. The average Bonchev–Trinajstić information content (AvgIpc) is 3.26. The lowest BCUT2D eigenvalue weighted by Gasteiger charge is -2.37. The SMILES string of the molecule is CCOCCNS(=O)(=O)c1ccc(NC2=NC3=CCN2C(COC)Cc2[nH]c(CCOC)nc23)cc1. The third-order valence-electron chi connectivity index (χ3n) is 6.00. The van der Waals surface area contributed by atoms with Crippen molar-refractivity contribution in [1.29, 1.82) is 0 Å². The Morgan fingerprint density at radius 2 is 1.97 bits per heavy atom. The summed E-state index contributed by atoms with van der Waals surface area (Å²) in [5, 5.41) is 3.37. The number of imidazole rings is 1. The molecule has 2 bridgehead atoms. The Bertz CT molecular complexity index is 1190. The normalized spacial score (nSPS) is 17.3. The number of anilines is 1. The number of benzene rings is 1. The van der Waals surface area contributed by atoms with E-state index in [2.05, 4.69) is 26.0 Å². The minimum Gasteiger partial charge on any atom is -0.384 e. The second-order valence-electron chi connectivity index (χ2n) is 8.49. The van der Waals surface area contributed by atoms with Gasteiger partial charge < -0.3 is 29.4 Å². The lowest BCUT2D eigenvalue weighted by molar-refractivity contribution is 0.130. The molecule has 0 saturated heterocycles. The van der Waals surface area contributed by atoms with Crippen LogP contribution in [0.25, 0.3) is 5.70 Å². The molecule has 2 aromatic rings. The summed E-state index contributed by atoms with van der Waals surface area (Å²) in [6, 6.07) is 6.64. The maximum absolute atomic E-state index is 12.5. The number of sulfonamides is 1. The number of rotatable bonds is 12. The van der Waals surface area contributed by atoms with Crippen LogP contribution in [0, 0.1) is 0 Å². The number of ether oxygens (including phenoxy) is 3. The van der Waals surface area contributed by atoms with E-state index in [0.717, 1.165) is 35.0 Å². The first-order valence-electron chi connectivity index (χ1n) is 12.0. The molecule has 3 aliphatic heterocycles. The van der Waals surface area contributed by atoms with Crippen molar-refractivity contribution in [1.82, 2.24) is 19.6 Å². The third kappa shape index (κ3) is 6.13. The lowest BCUT2D eigenvalue weighted by atomic mass is 10.0. The molecule has 1 aromatic carbocycles. The average molecular weight is 519 g/mol. The zero-order valence-electron chi connectivity index (χ0n) is 20.9. The number of aromatic amines is 1. The smallest absolute Gasteiger partial charge is 0.240 e. The Labute approximate surface area is 212 Å². The molecule has 1 aromatic heterocycles. The highest BCUT2D eigenvalue weighted by atomic mass is 32.2. The van der Waals surface area contributed by atoms with Crippen molar-refractivity contribution in [2.24, 2.45) is 4.99 Å². The first-order chi connectivity index (χ1) is 17.4. The summed E-state index contributed by atoms with van der Waals surface area (Å²) in [4.78, 5) is 15.5. The number of fused-ring (bicyclic) bond motifs is 2. The second kappa shape index (κ2) is 12.0. The standard InChI is InChI=1S/C24H34N6O5S/c1-4-35-14-11-25-36(31,32)19-7-5-17(6-8-19)26-24-28-20-9-12-30(24)18(16-34-3)15-21-23(20)29-22(27-21)10-13-33-2/h5-9,18,25H,4,10-16H2,1-3H3,(H,26,28)(H,27,29). The van der Waals surface area contributed by atoms with Gasteiger partial charge in [-0.2, -0.15) is 0 Å². The van der Waals surface area contributed by atoms with Crippen LogP contribution in [0.5, 0.6) is 0 Å². The molecule has 3 aliphatic rings. The van der Waals surface area contributed by atoms with Gasteiger partial charge in [-0.05, 0) is 37.3 Å². The van der Waals surface area contributed by atoms with Crippen molar-refractivity contribution in [3.05, 3.63) is 47.6 Å². The van der Waals surface area contributed by atoms with Crippen molar-refractivity contribution in [2.45, 2.75) is 30.7 Å². The van der Waals surface area contributed by atoms with Gasteiger partial charge in [0, 0.05) is 58.1 Å². The van der Waals surface area contributed by atoms with Gasteiger partial charge in [0.1, 0.15) is 11.5 Å². The Balaban J connectivity index is 1.54. The highest BCUT2D eigenvalue weighted by Crippen LogP contribution is 2.29. The van der Waals surface area contributed by atoms with E-state index in [9.17, 15) is 8.42 Å². The summed E-state index contributed by atoms with van der Waals surface area (Å²) in [7, 11) is -0.245. The van der Waals surface area contributed by atoms with Crippen molar-refractivity contribution in [3.8, 4) is 0 Å². The van der Waals surface area contributed by atoms with Gasteiger partial charge in [-0.1, -0.05) is 0 Å². The predicted molar refractivity (Wildman–Crippen MR) is 137 cm³/mol. The number of nitrogens with one attached hydrogen (secondary N) is 3. The predicted octanol–water partition coefficient (Wildman–Crippen LogP) is 1.61. The quantitative estimate of drug-likeness (QED) is 0.362. The Morgan fingerprint density at radius 3 is 2.69 bits per heavy atom. The van der Waals surface area contributed by atoms with Crippen molar-refractivity contribution < 1.29 is 22.6 Å². The van der Waals surface area contributed by atoms with E-state index in [1.165, 1.54) is 0 Å². The van der Waals surface area contributed by atoms with E-state index in [-0.39, 0.29) is 17.5 Å². The van der Waals surface area contributed by atoms with Crippen LogP contribution in [0.1, 0.15) is 24.1 Å². The summed E-state index contributed by atoms with van der Waals surface area (Å²) in [5.74, 6) is 1.54. The van der Waals surface area contributed by atoms with E-state index in [0.29, 0.717) is 45.4 Å². The topological polar surface area (TPSA) is 130 Å². The minimum absolute atomic E-state index is 0.0306. The molecule has 1 atom stereocenters. The molecule has 5 rings (SSSR count).